The summed E-state index contributed by atoms with van der Waals surface area (Å²) in [5.74, 6) is -0.112. The SMILES string of the molecule is CCS(=O)(=O)Nc1ccc(S(=O)(=O)Cl)cc1Cl. The van der Waals surface area contributed by atoms with Crippen molar-refractivity contribution in [1.82, 2.24) is 0 Å². The van der Waals surface area contributed by atoms with Crippen molar-refractivity contribution in [2.45, 2.75) is 11.8 Å². The van der Waals surface area contributed by atoms with Crippen LogP contribution in [0.2, 0.25) is 5.02 Å². The fourth-order valence-corrected chi connectivity index (χ4v) is 2.75. The largest absolute Gasteiger partial charge is 0.282 e. The average molecular weight is 318 g/mol. The van der Waals surface area contributed by atoms with Gasteiger partial charge in [-0.25, -0.2) is 16.8 Å². The van der Waals surface area contributed by atoms with Gasteiger partial charge < -0.3 is 0 Å². The molecule has 0 saturated carbocycles. The molecule has 0 aromatic heterocycles. The fourth-order valence-electron chi connectivity index (χ4n) is 0.970. The third kappa shape index (κ3) is 4.02. The molecule has 1 rings (SSSR count). The lowest BCUT2D eigenvalue weighted by Crippen LogP contribution is -2.14. The minimum Gasteiger partial charge on any atom is -0.282 e. The number of nitrogens with one attached hydrogen (secondary N) is 1. The Morgan fingerprint density at radius 2 is 1.82 bits per heavy atom. The molecule has 0 aliphatic carbocycles. The van der Waals surface area contributed by atoms with Crippen LogP contribution in [-0.4, -0.2) is 22.6 Å². The summed E-state index contributed by atoms with van der Waals surface area (Å²) in [4.78, 5) is -0.191. The van der Waals surface area contributed by atoms with Crippen LogP contribution in [-0.2, 0) is 19.1 Å². The molecule has 0 fully saturated rings. The first kappa shape index (κ1) is 14.6. The van der Waals surface area contributed by atoms with Gasteiger partial charge in [0.05, 0.1) is 21.4 Å². The Labute approximate surface area is 109 Å². The summed E-state index contributed by atoms with van der Waals surface area (Å²) in [6, 6.07) is 3.49. The van der Waals surface area contributed by atoms with Gasteiger partial charge in [0.25, 0.3) is 9.05 Å². The molecule has 0 radical (unpaired) electrons. The third-order valence-electron chi connectivity index (χ3n) is 1.87. The lowest BCUT2D eigenvalue weighted by molar-refractivity contribution is 0.602. The van der Waals surface area contributed by atoms with Gasteiger partial charge in [-0.15, -0.1) is 0 Å². The van der Waals surface area contributed by atoms with Crippen LogP contribution in [0.4, 0.5) is 5.69 Å². The number of anilines is 1. The van der Waals surface area contributed by atoms with Crippen molar-refractivity contribution in [1.29, 1.82) is 0 Å². The second-order valence-electron chi connectivity index (χ2n) is 3.08. The van der Waals surface area contributed by atoms with Gasteiger partial charge in [0.2, 0.25) is 10.0 Å². The highest BCUT2D eigenvalue weighted by Gasteiger charge is 2.14. The van der Waals surface area contributed by atoms with E-state index in [-0.39, 0.29) is 21.4 Å². The molecule has 1 aromatic rings. The molecular weight excluding hydrogens is 309 g/mol. The standard InChI is InChI=1S/C8H9Cl2NO4S2/c1-2-16(12,13)11-8-4-3-6(5-7(8)9)17(10,14)15/h3-5,11H,2H2,1H3. The molecule has 0 aliphatic heterocycles. The predicted molar refractivity (Wildman–Crippen MR) is 67.6 cm³/mol. The minimum atomic E-state index is -3.88. The first-order valence-electron chi connectivity index (χ1n) is 4.40. The van der Waals surface area contributed by atoms with Crippen LogP contribution < -0.4 is 4.72 Å². The molecule has 0 heterocycles. The first-order chi connectivity index (χ1) is 7.65. The van der Waals surface area contributed by atoms with Crippen LogP contribution in [0, 0.1) is 0 Å². The number of benzene rings is 1. The summed E-state index contributed by atoms with van der Waals surface area (Å²) in [6.07, 6.45) is 0. The van der Waals surface area contributed by atoms with E-state index < -0.39 is 19.1 Å². The molecule has 17 heavy (non-hydrogen) atoms. The molecule has 0 bridgehead atoms. The second kappa shape index (κ2) is 5.01. The van der Waals surface area contributed by atoms with Gasteiger partial charge >= 0.3 is 0 Å². The average Bonchev–Trinajstić information content (AvgIpc) is 2.19. The van der Waals surface area contributed by atoms with E-state index in [1.54, 1.807) is 0 Å². The van der Waals surface area contributed by atoms with Crippen molar-refractivity contribution in [2.24, 2.45) is 0 Å². The normalized spacial score (nSPS) is 12.4. The lowest BCUT2D eigenvalue weighted by Gasteiger charge is -2.08. The van der Waals surface area contributed by atoms with Crippen molar-refractivity contribution in [3.05, 3.63) is 23.2 Å². The van der Waals surface area contributed by atoms with E-state index in [0.29, 0.717) is 0 Å². The highest BCUT2D eigenvalue weighted by molar-refractivity contribution is 8.13. The monoisotopic (exact) mass is 317 g/mol. The van der Waals surface area contributed by atoms with Crippen LogP contribution in [0.3, 0.4) is 0 Å². The molecular formula is C8H9Cl2NO4S2. The maximum Gasteiger partial charge on any atom is 0.261 e. The molecule has 0 atom stereocenters. The Morgan fingerprint density at radius 3 is 2.24 bits per heavy atom. The maximum absolute atomic E-state index is 11.3. The van der Waals surface area contributed by atoms with Crippen LogP contribution >= 0.6 is 22.3 Å². The van der Waals surface area contributed by atoms with Crippen molar-refractivity contribution in [2.75, 3.05) is 10.5 Å². The molecule has 0 saturated heterocycles. The van der Waals surface area contributed by atoms with Crippen LogP contribution in [0.5, 0.6) is 0 Å². The van der Waals surface area contributed by atoms with Crippen LogP contribution in [0.15, 0.2) is 23.1 Å². The fraction of sp³-hybridized carbons (Fsp3) is 0.250. The van der Waals surface area contributed by atoms with E-state index >= 15 is 0 Å². The van der Waals surface area contributed by atoms with Gasteiger partial charge in [0, 0.05) is 10.7 Å². The molecule has 0 amide bonds. The smallest absolute Gasteiger partial charge is 0.261 e. The van der Waals surface area contributed by atoms with Crippen molar-refractivity contribution in [3.8, 4) is 0 Å². The zero-order chi connectivity index (χ0) is 13.3. The van der Waals surface area contributed by atoms with E-state index in [0.717, 1.165) is 6.07 Å². The topological polar surface area (TPSA) is 80.3 Å². The first-order valence-corrected chi connectivity index (χ1v) is 8.74. The molecule has 0 aliphatic rings. The third-order valence-corrected chi connectivity index (χ3v) is 4.82. The molecule has 0 unspecified atom stereocenters. The number of hydrogen-bond acceptors (Lipinski definition) is 4. The summed E-state index contributed by atoms with van der Waals surface area (Å²) in [5.41, 5.74) is 0.109. The van der Waals surface area contributed by atoms with E-state index in [9.17, 15) is 16.8 Å². The summed E-state index contributed by atoms with van der Waals surface area (Å²) in [7, 11) is -2.22. The Balaban J connectivity index is 3.16. The zero-order valence-corrected chi connectivity index (χ0v) is 11.8. The highest BCUT2D eigenvalue weighted by atomic mass is 35.7. The molecule has 9 heteroatoms. The van der Waals surface area contributed by atoms with E-state index in [1.807, 2.05) is 0 Å². The van der Waals surface area contributed by atoms with Gasteiger partial charge in [-0.1, -0.05) is 11.6 Å². The molecule has 5 nitrogen and oxygen atoms in total. The Bertz CT molecular complexity index is 625. The van der Waals surface area contributed by atoms with Gasteiger partial charge in [0.1, 0.15) is 0 Å². The second-order valence-corrected chi connectivity index (χ2v) is 8.07. The van der Waals surface area contributed by atoms with Gasteiger partial charge in [-0.2, -0.15) is 0 Å². The van der Waals surface area contributed by atoms with Crippen LogP contribution in [0.25, 0.3) is 0 Å². The Hall–Kier alpha value is -0.500. The van der Waals surface area contributed by atoms with Crippen molar-refractivity contribution in [3.63, 3.8) is 0 Å². The quantitative estimate of drug-likeness (QED) is 0.861. The molecule has 1 N–H and O–H groups in total. The minimum absolute atomic E-state index is 0.0382. The number of sulfonamides is 1. The van der Waals surface area contributed by atoms with Gasteiger partial charge in [0.15, 0.2) is 0 Å². The molecule has 1 aromatic carbocycles. The Kier molecular flexibility index (Phi) is 4.29. The molecule has 96 valence electrons. The van der Waals surface area contributed by atoms with E-state index in [1.165, 1.54) is 19.1 Å². The predicted octanol–water partition coefficient (Wildman–Crippen LogP) is 2.03. The van der Waals surface area contributed by atoms with E-state index in [4.69, 9.17) is 22.3 Å². The summed E-state index contributed by atoms with van der Waals surface area (Å²) >= 11 is 5.75. The number of halogens is 2. The van der Waals surface area contributed by atoms with E-state index in [2.05, 4.69) is 4.72 Å². The van der Waals surface area contributed by atoms with Crippen molar-refractivity contribution < 1.29 is 16.8 Å². The van der Waals surface area contributed by atoms with Crippen LogP contribution in [0.1, 0.15) is 6.92 Å². The Morgan fingerprint density at radius 1 is 1.24 bits per heavy atom. The van der Waals surface area contributed by atoms with Crippen molar-refractivity contribution >= 4 is 47.0 Å². The van der Waals surface area contributed by atoms with Gasteiger partial charge in [-0.05, 0) is 25.1 Å². The maximum atomic E-state index is 11.3. The number of hydrogen-bond donors (Lipinski definition) is 1. The summed E-state index contributed by atoms with van der Waals surface area (Å²) < 4.78 is 46.8. The summed E-state index contributed by atoms with van der Waals surface area (Å²) in [5, 5.41) is -0.0382. The van der Waals surface area contributed by atoms with Gasteiger partial charge in [-0.3, -0.25) is 4.72 Å². The number of rotatable bonds is 4. The summed E-state index contributed by atoms with van der Waals surface area (Å²) in [6.45, 7) is 1.47. The molecule has 0 spiro atoms. The zero-order valence-electron chi connectivity index (χ0n) is 8.64. The lowest BCUT2D eigenvalue weighted by atomic mass is 10.3. The highest BCUT2D eigenvalue weighted by Crippen LogP contribution is 2.27.